The molecule has 3 aromatic rings. The Hall–Kier alpha value is -2.75. The lowest BCUT2D eigenvalue weighted by molar-refractivity contribution is -0.112. The predicted molar refractivity (Wildman–Crippen MR) is 106 cm³/mol. The normalized spacial score (nSPS) is 13.9. The molecule has 1 aliphatic rings. The molecule has 1 aliphatic heterocycles. The third-order valence-electron chi connectivity index (χ3n) is 4.53. The van der Waals surface area contributed by atoms with Gasteiger partial charge in [-0.25, -0.2) is 4.99 Å². The van der Waals surface area contributed by atoms with E-state index in [4.69, 9.17) is 23.2 Å². The van der Waals surface area contributed by atoms with Gasteiger partial charge in [0, 0.05) is 16.4 Å². The molecule has 3 nitrogen and oxygen atoms in total. The van der Waals surface area contributed by atoms with Crippen LogP contribution in [0, 0.1) is 0 Å². The van der Waals surface area contributed by atoms with Gasteiger partial charge in [0.1, 0.15) is 0 Å². The lowest BCUT2D eigenvalue weighted by atomic mass is 9.83. The van der Waals surface area contributed by atoms with Gasteiger partial charge in [-0.2, -0.15) is 0 Å². The largest absolute Gasteiger partial charge is 0.293 e. The molecule has 0 radical (unpaired) electrons. The highest BCUT2D eigenvalue weighted by molar-refractivity contribution is 6.35. The van der Waals surface area contributed by atoms with E-state index < -0.39 is 11.8 Å². The molecule has 0 saturated carbocycles. The molecule has 0 bridgehead atoms. The van der Waals surface area contributed by atoms with Crippen LogP contribution in [0.25, 0.3) is 5.57 Å². The number of halogens is 2. The van der Waals surface area contributed by atoms with E-state index in [0.29, 0.717) is 31.7 Å². The number of rotatable bonds is 4. The van der Waals surface area contributed by atoms with E-state index in [-0.39, 0.29) is 11.4 Å². The van der Waals surface area contributed by atoms with Crippen molar-refractivity contribution in [2.45, 2.75) is 5.92 Å². The Bertz CT molecular complexity index is 1170. The van der Waals surface area contributed by atoms with Crippen LogP contribution in [-0.2, 0) is 4.79 Å². The number of ketones is 1. The molecule has 0 fully saturated rings. The minimum atomic E-state index is -0.818. The van der Waals surface area contributed by atoms with Gasteiger partial charge in [0.05, 0.1) is 21.3 Å². The van der Waals surface area contributed by atoms with Crippen LogP contribution in [0.3, 0.4) is 0 Å². The van der Waals surface area contributed by atoms with Crippen molar-refractivity contribution >= 4 is 40.5 Å². The molecule has 0 spiro atoms. The highest BCUT2D eigenvalue weighted by atomic mass is 35.5. The summed E-state index contributed by atoms with van der Waals surface area (Å²) in [7, 11) is 0. The van der Waals surface area contributed by atoms with Crippen LogP contribution in [0.5, 0.6) is 0 Å². The van der Waals surface area contributed by atoms with Crippen LogP contribution in [0.2, 0.25) is 10.0 Å². The number of benzene rings is 3. The molecule has 5 heteroatoms. The van der Waals surface area contributed by atoms with Gasteiger partial charge >= 0.3 is 0 Å². The Labute approximate surface area is 165 Å². The van der Waals surface area contributed by atoms with Crippen molar-refractivity contribution < 1.29 is 9.59 Å². The van der Waals surface area contributed by atoms with Crippen molar-refractivity contribution in [3.05, 3.63) is 105 Å². The molecule has 1 atom stereocenters. The lowest BCUT2D eigenvalue weighted by Gasteiger charge is -2.17. The van der Waals surface area contributed by atoms with Crippen molar-refractivity contribution in [2.75, 3.05) is 0 Å². The fourth-order valence-corrected chi connectivity index (χ4v) is 3.76. The molecule has 27 heavy (non-hydrogen) atoms. The van der Waals surface area contributed by atoms with E-state index in [1.807, 2.05) is 36.4 Å². The smallest absolute Gasteiger partial charge is 0.275 e. The van der Waals surface area contributed by atoms with E-state index in [2.05, 4.69) is 4.99 Å². The minimum absolute atomic E-state index is 0.191. The standard InChI is InChI=1S/C22H13Cl2NO2/c23-15-11-12-16(24)20-18(15)19(22(27)25-20)17(13-7-3-1-4-8-13)21(26)14-9-5-2-6-10-14/h1-12,17H. The molecule has 3 aromatic carbocycles. The van der Waals surface area contributed by atoms with Gasteiger partial charge in [0.15, 0.2) is 5.78 Å². The van der Waals surface area contributed by atoms with Crippen molar-refractivity contribution in [1.29, 1.82) is 0 Å². The minimum Gasteiger partial charge on any atom is -0.293 e. The van der Waals surface area contributed by atoms with Gasteiger partial charge in [-0.3, -0.25) is 9.59 Å². The van der Waals surface area contributed by atoms with Crippen LogP contribution in [0.1, 0.15) is 21.8 Å². The van der Waals surface area contributed by atoms with Crippen molar-refractivity contribution in [3.63, 3.8) is 0 Å². The quantitative estimate of drug-likeness (QED) is 0.629. The summed E-state index contributed by atoms with van der Waals surface area (Å²) in [5.74, 6) is -1.50. The van der Waals surface area contributed by atoms with Crippen molar-refractivity contribution in [3.8, 4) is 0 Å². The summed E-state index contributed by atoms with van der Waals surface area (Å²) in [5.41, 5.74) is 1.48. The Morgan fingerprint density at radius 2 is 1.41 bits per heavy atom. The highest BCUT2D eigenvalue weighted by Gasteiger charge is 2.34. The Balaban J connectivity index is 2.03. The first-order chi connectivity index (χ1) is 13.1. The summed E-state index contributed by atoms with van der Waals surface area (Å²) < 4.78 is 0. The molecule has 1 unspecified atom stereocenters. The summed E-state index contributed by atoms with van der Waals surface area (Å²) in [6.45, 7) is 0. The third kappa shape index (κ3) is 3.09. The zero-order valence-electron chi connectivity index (χ0n) is 14.0. The second kappa shape index (κ2) is 7.10. The van der Waals surface area contributed by atoms with Crippen LogP contribution < -0.4 is 10.6 Å². The predicted octanol–water partition coefficient (Wildman–Crippen LogP) is 3.97. The van der Waals surface area contributed by atoms with E-state index in [1.54, 1.807) is 36.4 Å². The van der Waals surface area contributed by atoms with Gasteiger partial charge in [0.25, 0.3) is 5.91 Å². The van der Waals surface area contributed by atoms with Gasteiger partial charge in [-0.05, 0) is 17.7 Å². The first kappa shape index (κ1) is 17.7. The van der Waals surface area contributed by atoms with E-state index >= 15 is 0 Å². The fraction of sp³-hybridized carbons (Fsp3) is 0.0455. The molecule has 0 aliphatic carbocycles. The number of fused-ring (bicyclic) bond motifs is 1. The maximum absolute atomic E-state index is 13.4. The second-order valence-electron chi connectivity index (χ2n) is 6.16. The fourth-order valence-electron chi connectivity index (χ4n) is 3.31. The number of carbonyl (C=O) groups excluding carboxylic acids is 2. The van der Waals surface area contributed by atoms with E-state index in [9.17, 15) is 9.59 Å². The maximum Gasteiger partial charge on any atom is 0.275 e. The summed E-state index contributed by atoms with van der Waals surface area (Å²) in [6, 6.07) is 21.3. The summed E-state index contributed by atoms with van der Waals surface area (Å²) >= 11 is 12.6. The second-order valence-corrected chi connectivity index (χ2v) is 6.97. The van der Waals surface area contributed by atoms with Crippen LogP contribution in [0.4, 0.5) is 0 Å². The van der Waals surface area contributed by atoms with Gasteiger partial charge < -0.3 is 0 Å². The van der Waals surface area contributed by atoms with Crippen LogP contribution >= 0.6 is 23.2 Å². The Kier molecular flexibility index (Phi) is 4.65. The van der Waals surface area contributed by atoms with E-state index in [0.717, 1.165) is 0 Å². The summed E-state index contributed by atoms with van der Waals surface area (Å²) in [4.78, 5) is 30.3. The highest BCUT2D eigenvalue weighted by Crippen LogP contribution is 2.31. The van der Waals surface area contributed by atoms with Crippen molar-refractivity contribution in [1.82, 2.24) is 0 Å². The number of hydrogen-bond acceptors (Lipinski definition) is 2. The molecule has 1 heterocycles. The molecule has 1 amide bonds. The summed E-state index contributed by atoms with van der Waals surface area (Å²) in [6.07, 6.45) is 0. The Morgan fingerprint density at radius 3 is 2.07 bits per heavy atom. The average molecular weight is 394 g/mol. The lowest BCUT2D eigenvalue weighted by Crippen LogP contribution is -2.29. The van der Waals surface area contributed by atoms with Crippen molar-refractivity contribution in [2.24, 2.45) is 4.99 Å². The third-order valence-corrected chi connectivity index (χ3v) is 5.15. The first-order valence-corrected chi connectivity index (χ1v) is 9.09. The zero-order valence-corrected chi connectivity index (χ0v) is 15.5. The van der Waals surface area contributed by atoms with Crippen LogP contribution in [-0.4, -0.2) is 11.7 Å². The number of nitrogens with zero attached hydrogens (tertiary/aromatic N) is 1. The molecule has 4 rings (SSSR count). The molecule has 0 N–H and O–H groups in total. The monoisotopic (exact) mass is 393 g/mol. The number of hydrogen-bond donors (Lipinski definition) is 0. The Morgan fingerprint density at radius 1 is 0.815 bits per heavy atom. The van der Waals surface area contributed by atoms with E-state index in [1.165, 1.54) is 0 Å². The maximum atomic E-state index is 13.4. The molecule has 0 saturated heterocycles. The molecular formula is C22H13Cl2NO2. The molecule has 132 valence electrons. The topological polar surface area (TPSA) is 46.5 Å². The molecule has 0 aromatic heterocycles. The summed E-state index contributed by atoms with van der Waals surface area (Å²) in [5, 5.41) is 1.44. The van der Waals surface area contributed by atoms with Gasteiger partial charge in [-0.15, -0.1) is 0 Å². The zero-order chi connectivity index (χ0) is 19.0. The number of Topliss-reactive ketones (excluding diaryl/α,β-unsaturated/α-hetero) is 1. The van der Waals surface area contributed by atoms with Gasteiger partial charge in [0.2, 0.25) is 0 Å². The average Bonchev–Trinajstić information content (AvgIpc) is 3.05. The molecular weight excluding hydrogens is 381 g/mol. The SMILES string of the molecule is O=C1N=c2c(Cl)ccc(Cl)c2=C1C(C(=O)c1ccccc1)c1ccccc1. The van der Waals surface area contributed by atoms with Gasteiger partial charge in [-0.1, -0.05) is 83.9 Å². The first-order valence-electron chi connectivity index (χ1n) is 8.33. The number of amides is 1. The van der Waals surface area contributed by atoms with Crippen LogP contribution in [0.15, 0.2) is 77.8 Å². The number of carbonyl (C=O) groups is 2.